The Labute approximate surface area is 149 Å². The lowest BCUT2D eigenvalue weighted by Gasteiger charge is -2.09. The Morgan fingerprint density at radius 3 is 2.19 bits per heavy atom. The van der Waals surface area contributed by atoms with Gasteiger partial charge < -0.3 is 4.74 Å². The number of carbonyl (C=O) groups excluding carboxylic acids is 1. The first-order valence-corrected chi connectivity index (χ1v) is 7.35. The molecule has 2 aromatic rings. The molecular formula is C17H12F6N2O2. The average Bonchev–Trinajstić information content (AvgIpc) is 2.59. The van der Waals surface area contributed by atoms with E-state index in [2.05, 4.69) is 10.5 Å². The minimum absolute atomic E-state index is 0.147. The van der Waals surface area contributed by atoms with Gasteiger partial charge >= 0.3 is 12.4 Å². The lowest BCUT2D eigenvalue weighted by Crippen LogP contribution is -2.24. The average molecular weight is 390 g/mol. The molecule has 0 aliphatic rings. The Morgan fingerprint density at radius 2 is 1.59 bits per heavy atom. The van der Waals surface area contributed by atoms with Crippen molar-refractivity contribution >= 4 is 12.1 Å². The normalized spacial score (nSPS) is 12.2. The van der Waals surface area contributed by atoms with Gasteiger partial charge in [0.05, 0.1) is 17.3 Å². The van der Waals surface area contributed by atoms with Crippen LogP contribution in [0.2, 0.25) is 0 Å². The molecule has 0 aromatic heterocycles. The highest BCUT2D eigenvalue weighted by Gasteiger charge is 2.31. The van der Waals surface area contributed by atoms with Gasteiger partial charge in [-0.1, -0.05) is 18.2 Å². The Morgan fingerprint density at radius 1 is 0.963 bits per heavy atom. The number of hydrogen-bond donors (Lipinski definition) is 1. The molecule has 0 spiro atoms. The third-order valence-electron chi connectivity index (χ3n) is 3.17. The van der Waals surface area contributed by atoms with Crippen LogP contribution >= 0.6 is 0 Å². The number of halogens is 6. The second-order valence-corrected chi connectivity index (χ2v) is 5.23. The lowest BCUT2D eigenvalue weighted by atomic mass is 10.1. The maximum atomic E-state index is 12.6. The predicted octanol–water partition coefficient (Wildman–Crippen LogP) is 4.25. The molecule has 1 amide bonds. The van der Waals surface area contributed by atoms with Crippen molar-refractivity contribution in [1.29, 1.82) is 0 Å². The molecule has 0 saturated carbocycles. The SMILES string of the molecule is O=C(COc1cccc(C(F)(F)F)c1)N/N=C/c1ccc(C(F)(F)F)cc1. The van der Waals surface area contributed by atoms with Crippen LogP contribution in [0.25, 0.3) is 0 Å². The highest BCUT2D eigenvalue weighted by atomic mass is 19.4. The third kappa shape index (κ3) is 6.32. The predicted molar refractivity (Wildman–Crippen MR) is 84.1 cm³/mol. The second-order valence-electron chi connectivity index (χ2n) is 5.23. The summed E-state index contributed by atoms with van der Waals surface area (Å²) in [5.74, 6) is -0.901. The lowest BCUT2D eigenvalue weighted by molar-refractivity contribution is -0.138. The molecule has 0 aliphatic carbocycles. The summed E-state index contributed by atoms with van der Waals surface area (Å²) < 4.78 is 79.9. The molecule has 0 aliphatic heterocycles. The Hall–Kier alpha value is -3.04. The number of nitrogens with zero attached hydrogens (tertiary/aromatic N) is 1. The number of rotatable bonds is 5. The van der Waals surface area contributed by atoms with Crippen LogP contribution in [0, 0.1) is 0 Å². The van der Waals surface area contributed by atoms with Crippen LogP contribution in [0.4, 0.5) is 26.3 Å². The maximum absolute atomic E-state index is 12.6. The van der Waals surface area contributed by atoms with Crippen molar-refractivity contribution < 1.29 is 35.9 Å². The van der Waals surface area contributed by atoms with Gasteiger partial charge in [-0.2, -0.15) is 31.4 Å². The number of amides is 1. The number of hydrazone groups is 1. The number of carbonyl (C=O) groups is 1. The highest BCUT2D eigenvalue weighted by molar-refractivity contribution is 5.82. The fourth-order valence-electron chi connectivity index (χ4n) is 1.88. The first-order chi connectivity index (χ1) is 12.6. The number of hydrogen-bond acceptors (Lipinski definition) is 3. The molecule has 0 heterocycles. The van der Waals surface area contributed by atoms with Gasteiger partial charge in [0.2, 0.25) is 0 Å². The molecule has 0 radical (unpaired) electrons. The summed E-state index contributed by atoms with van der Waals surface area (Å²) in [6.45, 7) is -0.592. The molecule has 2 rings (SSSR count). The van der Waals surface area contributed by atoms with Gasteiger partial charge in [0, 0.05) is 0 Å². The summed E-state index contributed by atoms with van der Waals surface area (Å²) >= 11 is 0. The van der Waals surface area contributed by atoms with Crippen molar-refractivity contribution in [3.63, 3.8) is 0 Å². The van der Waals surface area contributed by atoms with Gasteiger partial charge in [-0.25, -0.2) is 5.43 Å². The van der Waals surface area contributed by atoms with Crippen LogP contribution in [0.1, 0.15) is 16.7 Å². The minimum Gasteiger partial charge on any atom is -0.484 e. The van der Waals surface area contributed by atoms with E-state index in [1.165, 1.54) is 6.07 Å². The van der Waals surface area contributed by atoms with E-state index in [0.717, 1.165) is 48.7 Å². The van der Waals surface area contributed by atoms with Gasteiger partial charge in [-0.3, -0.25) is 4.79 Å². The van der Waals surface area contributed by atoms with Gasteiger partial charge in [0.1, 0.15) is 5.75 Å². The number of ether oxygens (including phenoxy) is 1. The molecular weight excluding hydrogens is 378 g/mol. The summed E-state index contributed by atoms with van der Waals surface area (Å²) in [5.41, 5.74) is 0.623. The highest BCUT2D eigenvalue weighted by Crippen LogP contribution is 2.31. The number of benzene rings is 2. The zero-order chi connectivity index (χ0) is 20.1. The van der Waals surface area contributed by atoms with E-state index in [0.29, 0.717) is 5.56 Å². The molecule has 144 valence electrons. The molecule has 0 fully saturated rings. The van der Waals surface area contributed by atoms with Crippen LogP contribution in [0.15, 0.2) is 53.6 Å². The van der Waals surface area contributed by atoms with Crippen LogP contribution < -0.4 is 10.2 Å². The van der Waals surface area contributed by atoms with Crippen molar-refractivity contribution in [2.75, 3.05) is 6.61 Å². The number of alkyl halides is 6. The quantitative estimate of drug-likeness (QED) is 0.471. The molecule has 1 N–H and O–H groups in total. The largest absolute Gasteiger partial charge is 0.484 e. The topological polar surface area (TPSA) is 50.7 Å². The first-order valence-electron chi connectivity index (χ1n) is 7.35. The van der Waals surface area contributed by atoms with Crippen LogP contribution in [0.5, 0.6) is 5.75 Å². The van der Waals surface area contributed by atoms with E-state index in [-0.39, 0.29) is 5.75 Å². The van der Waals surface area contributed by atoms with Gasteiger partial charge in [-0.15, -0.1) is 0 Å². The molecule has 27 heavy (non-hydrogen) atoms. The summed E-state index contributed by atoms with van der Waals surface area (Å²) in [6.07, 6.45) is -7.87. The van der Waals surface area contributed by atoms with Crippen molar-refractivity contribution in [3.8, 4) is 5.75 Å². The Kier molecular flexibility index (Phi) is 6.09. The van der Waals surface area contributed by atoms with Crippen molar-refractivity contribution in [2.24, 2.45) is 5.10 Å². The zero-order valence-corrected chi connectivity index (χ0v) is 13.4. The fourth-order valence-corrected chi connectivity index (χ4v) is 1.88. The maximum Gasteiger partial charge on any atom is 0.416 e. The van der Waals surface area contributed by atoms with Gasteiger partial charge in [0.25, 0.3) is 5.91 Å². The molecule has 0 unspecified atom stereocenters. The van der Waals surface area contributed by atoms with E-state index in [9.17, 15) is 31.1 Å². The van der Waals surface area contributed by atoms with Crippen LogP contribution in [-0.4, -0.2) is 18.7 Å². The fraction of sp³-hybridized carbons (Fsp3) is 0.176. The standard InChI is InChI=1S/C17H12F6N2O2/c18-16(19,20)12-6-4-11(5-7-12)9-24-25-15(26)10-27-14-3-1-2-13(8-14)17(21,22)23/h1-9H,10H2,(H,25,26)/b24-9+. The molecule has 10 heteroatoms. The van der Waals surface area contributed by atoms with E-state index in [4.69, 9.17) is 4.74 Å². The molecule has 2 aromatic carbocycles. The monoisotopic (exact) mass is 390 g/mol. The Bertz CT molecular complexity index is 813. The molecule has 0 bridgehead atoms. The number of nitrogens with one attached hydrogen (secondary N) is 1. The summed E-state index contributed by atoms with van der Waals surface area (Å²) in [5, 5.41) is 3.54. The third-order valence-corrected chi connectivity index (χ3v) is 3.17. The molecule has 0 saturated heterocycles. The van der Waals surface area contributed by atoms with E-state index in [1.54, 1.807) is 0 Å². The van der Waals surface area contributed by atoms with Crippen molar-refractivity contribution in [3.05, 3.63) is 65.2 Å². The van der Waals surface area contributed by atoms with E-state index >= 15 is 0 Å². The molecule has 0 atom stereocenters. The second kappa shape index (κ2) is 8.11. The van der Waals surface area contributed by atoms with E-state index < -0.39 is 36.0 Å². The molecule has 4 nitrogen and oxygen atoms in total. The van der Waals surface area contributed by atoms with Crippen molar-refractivity contribution in [1.82, 2.24) is 5.43 Å². The Balaban J connectivity index is 1.85. The van der Waals surface area contributed by atoms with Gasteiger partial charge in [-0.05, 0) is 35.9 Å². The minimum atomic E-state index is -4.53. The summed E-state index contributed by atoms with van der Waals surface area (Å²) in [4.78, 5) is 11.6. The van der Waals surface area contributed by atoms with Gasteiger partial charge in [0.15, 0.2) is 6.61 Å². The first kappa shape index (κ1) is 20.3. The van der Waals surface area contributed by atoms with Crippen LogP contribution in [0.3, 0.4) is 0 Å². The zero-order valence-electron chi connectivity index (χ0n) is 13.4. The van der Waals surface area contributed by atoms with Crippen LogP contribution in [-0.2, 0) is 17.1 Å². The summed E-state index contributed by atoms with van der Waals surface area (Å²) in [6, 6.07) is 8.06. The van der Waals surface area contributed by atoms with Crippen molar-refractivity contribution in [2.45, 2.75) is 12.4 Å². The smallest absolute Gasteiger partial charge is 0.416 e. The van der Waals surface area contributed by atoms with E-state index in [1.807, 2.05) is 0 Å². The summed E-state index contributed by atoms with van der Waals surface area (Å²) in [7, 11) is 0.